The molecule has 2 N–H and O–H groups in total. The van der Waals surface area contributed by atoms with Gasteiger partial charge in [-0.2, -0.15) is 0 Å². The topological polar surface area (TPSA) is 56.7 Å². The highest BCUT2D eigenvalue weighted by Crippen LogP contribution is 2.47. The van der Waals surface area contributed by atoms with Gasteiger partial charge in [-0.1, -0.05) is 54.6 Å². The van der Waals surface area contributed by atoms with E-state index >= 15 is 0 Å². The molecule has 0 spiro atoms. The maximum absolute atomic E-state index is 11.9. The van der Waals surface area contributed by atoms with Crippen molar-refractivity contribution in [2.75, 3.05) is 19.6 Å². The lowest BCUT2D eigenvalue weighted by atomic mass is 9.96. The molecule has 0 radical (unpaired) electrons. The molecule has 31 heavy (non-hydrogen) atoms. The normalized spacial score (nSPS) is 17.3. The Hall–Kier alpha value is -2.09. The molecule has 166 valence electrons. The number of carbonyl (C=O) groups is 1. The number of hydrogen-bond donors (Lipinski definition) is 2. The lowest BCUT2D eigenvalue weighted by Crippen LogP contribution is -2.41. The molecule has 4 rings (SSSR count). The number of hydrogen-bond acceptors (Lipinski definition) is 2. The van der Waals surface area contributed by atoms with Crippen LogP contribution in [0.5, 0.6) is 0 Å². The Kier molecular flexibility index (Phi) is 8.35. The Bertz CT molecular complexity index is 895. The third-order valence-electron chi connectivity index (χ3n) is 6.13. The van der Waals surface area contributed by atoms with Gasteiger partial charge in [0.15, 0.2) is 5.96 Å². The minimum Gasteiger partial charge on any atom is -0.357 e. The molecule has 1 heterocycles. The number of benzene rings is 2. The van der Waals surface area contributed by atoms with Gasteiger partial charge in [0.05, 0.1) is 6.54 Å². The lowest BCUT2D eigenvalue weighted by Gasteiger charge is -2.19. The number of halogens is 1. The van der Waals surface area contributed by atoms with Crippen LogP contribution >= 0.6 is 24.0 Å². The van der Waals surface area contributed by atoms with Crippen molar-refractivity contribution < 1.29 is 4.79 Å². The fraction of sp³-hybridized carbons (Fsp3) is 0.440. The second-order valence-corrected chi connectivity index (χ2v) is 8.43. The predicted octanol–water partition coefficient (Wildman–Crippen LogP) is 4.21. The third-order valence-corrected chi connectivity index (χ3v) is 6.13. The lowest BCUT2D eigenvalue weighted by molar-refractivity contribution is -0.128. The summed E-state index contributed by atoms with van der Waals surface area (Å²) < 4.78 is 0. The zero-order valence-corrected chi connectivity index (χ0v) is 20.6. The molecule has 2 aromatic rings. The van der Waals surface area contributed by atoms with E-state index in [1.807, 2.05) is 4.90 Å². The van der Waals surface area contributed by atoms with Crippen LogP contribution in [0.2, 0.25) is 0 Å². The number of likely N-dealkylation sites (tertiary alicyclic amines) is 1. The van der Waals surface area contributed by atoms with Crippen molar-refractivity contribution in [2.24, 2.45) is 4.99 Å². The highest BCUT2D eigenvalue weighted by molar-refractivity contribution is 14.0. The van der Waals surface area contributed by atoms with Crippen molar-refractivity contribution in [3.8, 4) is 0 Å². The van der Waals surface area contributed by atoms with E-state index in [2.05, 4.69) is 72.2 Å². The van der Waals surface area contributed by atoms with Gasteiger partial charge >= 0.3 is 0 Å². The van der Waals surface area contributed by atoms with Gasteiger partial charge in [0.2, 0.25) is 5.91 Å². The van der Waals surface area contributed by atoms with Crippen LogP contribution in [0.15, 0.2) is 59.6 Å². The molecule has 1 aliphatic carbocycles. The first-order chi connectivity index (χ1) is 14.7. The molecular formula is C25H33IN4O. The predicted molar refractivity (Wildman–Crippen MR) is 137 cm³/mol. The van der Waals surface area contributed by atoms with E-state index in [9.17, 15) is 4.79 Å². The molecule has 5 nitrogen and oxygen atoms in total. The average molecular weight is 532 g/mol. The van der Waals surface area contributed by atoms with Crippen LogP contribution in [0.3, 0.4) is 0 Å². The number of nitrogens with one attached hydrogen (secondary N) is 2. The molecular weight excluding hydrogens is 499 g/mol. The van der Waals surface area contributed by atoms with Gasteiger partial charge in [0.1, 0.15) is 0 Å². The number of nitrogens with zero attached hydrogens (tertiary/aromatic N) is 2. The average Bonchev–Trinajstić information content (AvgIpc) is 3.47. The van der Waals surface area contributed by atoms with Gasteiger partial charge in [-0.3, -0.25) is 4.79 Å². The summed E-state index contributed by atoms with van der Waals surface area (Å²) in [5.41, 5.74) is 4.01. The van der Waals surface area contributed by atoms with E-state index in [0.717, 1.165) is 32.0 Å². The van der Waals surface area contributed by atoms with Crippen molar-refractivity contribution in [1.82, 2.24) is 15.5 Å². The minimum absolute atomic E-state index is 0. The van der Waals surface area contributed by atoms with E-state index in [4.69, 9.17) is 4.99 Å². The van der Waals surface area contributed by atoms with Crippen LogP contribution in [0.1, 0.15) is 49.3 Å². The summed E-state index contributed by atoms with van der Waals surface area (Å²) in [4.78, 5) is 18.7. The summed E-state index contributed by atoms with van der Waals surface area (Å²) in [6.07, 6.45) is 4.11. The van der Waals surface area contributed by atoms with Crippen LogP contribution in [0.4, 0.5) is 0 Å². The Labute approximate surface area is 202 Å². The molecule has 1 aliphatic heterocycles. The molecule has 2 fully saturated rings. The van der Waals surface area contributed by atoms with E-state index in [1.54, 1.807) is 0 Å². The zero-order chi connectivity index (χ0) is 20.8. The molecule has 1 saturated heterocycles. The van der Waals surface area contributed by atoms with Crippen LogP contribution in [-0.2, 0) is 23.3 Å². The molecule has 0 atom stereocenters. The SMILES string of the molecule is CCNC(=NCc1cccc(CN2CCCC2=O)c1)NCC1(c2ccccc2)CC1.I. The molecule has 1 amide bonds. The van der Waals surface area contributed by atoms with Crippen molar-refractivity contribution >= 4 is 35.8 Å². The second kappa shape index (κ2) is 11.0. The Balaban J connectivity index is 0.00000272. The number of aliphatic imine (C=N–C) groups is 1. The maximum atomic E-state index is 11.9. The number of rotatable bonds is 8. The molecule has 2 aliphatic rings. The summed E-state index contributed by atoms with van der Waals surface area (Å²) in [6.45, 7) is 6.03. The van der Waals surface area contributed by atoms with Gasteiger partial charge in [-0.05, 0) is 42.9 Å². The maximum Gasteiger partial charge on any atom is 0.222 e. The standard InChI is InChI=1S/C25H32N4O.HI/c1-2-26-24(28-19-25(13-14-25)22-10-4-3-5-11-22)27-17-20-8-6-9-21(16-20)18-29-15-7-12-23(29)30;/h3-6,8-11,16H,2,7,12-15,17-19H2,1H3,(H2,26,27,28);1H. The second-order valence-electron chi connectivity index (χ2n) is 8.43. The van der Waals surface area contributed by atoms with Gasteiger partial charge in [0, 0.05) is 38.0 Å². The fourth-order valence-electron chi connectivity index (χ4n) is 4.19. The van der Waals surface area contributed by atoms with Crippen LogP contribution < -0.4 is 10.6 Å². The monoisotopic (exact) mass is 532 g/mol. The largest absolute Gasteiger partial charge is 0.357 e. The highest BCUT2D eigenvalue weighted by Gasteiger charge is 2.44. The summed E-state index contributed by atoms with van der Waals surface area (Å²) >= 11 is 0. The molecule has 0 bridgehead atoms. The summed E-state index contributed by atoms with van der Waals surface area (Å²) in [5, 5.41) is 6.93. The van der Waals surface area contributed by atoms with E-state index in [0.29, 0.717) is 19.5 Å². The molecule has 1 saturated carbocycles. The van der Waals surface area contributed by atoms with Crippen molar-refractivity contribution in [1.29, 1.82) is 0 Å². The Morgan fingerprint density at radius 1 is 1.06 bits per heavy atom. The molecule has 0 aromatic heterocycles. The molecule has 2 aromatic carbocycles. The van der Waals surface area contributed by atoms with Crippen molar-refractivity contribution in [3.05, 3.63) is 71.3 Å². The van der Waals surface area contributed by atoms with Gasteiger partial charge in [-0.15, -0.1) is 24.0 Å². The number of amides is 1. The first-order valence-electron chi connectivity index (χ1n) is 11.1. The first-order valence-corrected chi connectivity index (χ1v) is 11.1. The number of carbonyl (C=O) groups excluding carboxylic acids is 1. The van der Waals surface area contributed by atoms with Crippen molar-refractivity contribution in [2.45, 2.75) is 51.1 Å². The summed E-state index contributed by atoms with van der Waals surface area (Å²) in [7, 11) is 0. The fourth-order valence-corrected chi connectivity index (χ4v) is 4.19. The van der Waals surface area contributed by atoms with E-state index in [-0.39, 0.29) is 35.3 Å². The van der Waals surface area contributed by atoms with Gasteiger partial charge < -0.3 is 15.5 Å². The van der Waals surface area contributed by atoms with Crippen LogP contribution in [-0.4, -0.2) is 36.4 Å². The quantitative estimate of drug-likeness (QED) is 0.304. The molecule has 6 heteroatoms. The van der Waals surface area contributed by atoms with Crippen molar-refractivity contribution in [3.63, 3.8) is 0 Å². The zero-order valence-electron chi connectivity index (χ0n) is 18.3. The third kappa shape index (κ3) is 6.21. The van der Waals surface area contributed by atoms with E-state index < -0.39 is 0 Å². The first kappa shape index (κ1) is 23.6. The smallest absolute Gasteiger partial charge is 0.222 e. The summed E-state index contributed by atoms with van der Waals surface area (Å²) in [6, 6.07) is 19.2. The van der Waals surface area contributed by atoms with Crippen LogP contribution in [0, 0.1) is 0 Å². The Morgan fingerprint density at radius 2 is 1.84 bits per heavy atom. The highest BCUT2D eigenvalue weighted by atomic mass is 127. The molecule has 0 unspecified atom stereocenters. The Morgan fingerprint density at radius 3 is 2.52 bits per heavy atom. The van der Waals surface area contributed by atoms with E-state index in [1.165, 1.54) is 29.5 Å². The minimum atomic E-state index is 0. The summed E-state index contributed by atoms with van der Waals surface area (Å²) in [5.74, 6) is 1.13. The number of guanidine groups is 1. The van der Waals surface area contributed by atoms with Crippen LogP contribution in [0.25, 0.3) is 0 Å². The van der Waals surface area contributed by atoms with Gasteiger partial charge in [0.25, 0.3) is 0 Å². The van der Waals surface area contributed by atoms with Gasteiger partial charge in [-0.25, -0.2) is 4.99 Å².